The zero-order chi connectivity index (χ0) is 16.8. The predicted octanol–water partition coefficient (Wildman–Crippen LogP) is 2.93. The van der Waals surface area contributed by atoms with E-state index in [1.165, 1.54) is 18.6 Å². The van der Waals surface area contributed by atoms with E-state index in [0.29, 0.717) is 11.6 Å². The van der Waals surface area contributed by atoms with Gasteiger partial charge < -0.3 is 15.5 Å². The monoisotopic (exact) mass is 329 g/mol. The number of nitrogens with zero attached hydrogens (tertiary/aromatic N) is 3. The first-order chi connectivity index (χ1) is 11.7. The van der Waals surface area contributed by atoms with Gasteiger partial charge in [0.05, 0.1) is 12.2 Å². The van der Waals surface area contributed by atoms with Crippen LogP contribution in [-0.4, -0.2) is 29.1 Å². The van der Waals surface area contributed by atoms with Crippen LogP contribution < -0.4 is 15.5 Å². The fraction of sp³-hybridized carbons (Fsp3) is 0.353. The second-order valence-corrected chi connectivity index (χ2v) is 5.71. The minimum Gasteiger partial charge on any atom is -0.341 e. The lowest BCUT2D eigenvalue weighted by Crippen LogP contribution is -2.32. The SMILES string of the molecule is O=C(NCc1ccnc(N2CCCCC2)n1)Nc1cccc(F)c1. The molecule has 2 N–H and O–H groups in total. The van der Waals surface area contributed by atoms with Crippen molar-refractivity contribution in [1.82, 2.24) is 15.3 Å². The number of halogens is 1. The molecule has 126 valence electrons. The summed E-state index contributed by atoms with van der Waals surface area (Å²) < 4.78 is 13.1. The summed E-state index contributed by atoms with van der Waals surface area (Å²) in [6, 6.07) is 7.13. The van der Waals surface area contributed by atoms with Gasteiger partial charge in [0.1, 0.15) is 5.82 Å². The first-order valence-electron chi connectivity index (χ1n) is 8.08. The Morgan fingerprint density at radius 1 is 1.21 bits per heavy atom. The van der Waals surface area contributed by atoms with Gasteiger partial charge in [-0.25, -0.2) is 19.2 Å². The minimum absolute atomic E-state index is 0.282. The van der Waals surface area contributed by atoms with Crippen molar-refractivity contribution < 1.29 is 9.18 Å². The molecule has 0 spiro atoms. The zero-order valence-corrected chi connectivity index (χ0v) is 13.3. The van der Waals surface area contributed by atoms with E-state index in [4.69, 9.17) is 0 Å². The van der Waals surface area contributed by atoms with Crippen LogP contribution in [0.4, 0.5) is 20.8 Å². The number of rotatable bonds is 4. The fourth-order valence-electron chi connectivity index (χ4n) is 2.64. The summed E-state index contributed by atoms with van der Waals surface area (Å²) in [5, 5.41) is 5.30. The lowest BCUT2D eigenvalue weighted by molar-refractivity contribution is 0.251. The van der Waals surface area contributed by atoms with Crippen molar-refractivity contribution in [3.05, 3.63) is 48.0 Å². The fourth-order valence-corrected chi connectivity index (χ4v) is 2.64. The normalized spacial score (nSPS) is 14.3. The van der Waals surface area contributed by atoms with Gasteiger partial charge in [-0.3, -0.25) is 0 Å². The van der Waals surface area contributed by atoms with Gasteiger partial charge in [-0.2, -0.15) is 0 Å². The van der Waals surface area contributed by atoms with E-state index in [-0.39, 0.29) is 6.54 Å². The molecule has 0 bridgehead atoms. The topological polar surface area (TPSA) is 70.2 Å². The molecule has 1 fully saturated rings. The number of piperidine rings is 1. The summed E-state index contributed by atoms with van der Waals surface area (Å²) in [5.41, 5.74) is 1.14. The number of carbonyl (C=O) groups is 1. The molecule has 2 aromatic rings. The molecule has 0 saturated carbocycles. The highest BCUT2D eigenvalue weighted by Crippen LogP contribution is 2.15. The quantitative estimate of drug-likeness (QED) is 0.905. The number of nitrogens with one attached hydrogen (secondary N) is 2. The Labute approximate surface area is 140 Å². The van der Waals surface area contributed by atoms with Crippen LogP contribution >= 0.6 is 0 Å². The second kappa shape index (κ2) is 7.72. The molecule has 2 amide bonds. The Morgan fingerprint density at radius 2 is 2.04 bits per heavy atom. The van der Waals surface area contributed by atoms with Crippen molar-refractivity contribution in [3.63, 3.8) is 0 Å². The summed E-state index contributed by atoms with van der Waals surface area (Å²) in [5.74, 6) is 0.314. The van der Waals surface area contributed by atoms with Crippen LogP contribution in [0.25, 0.3) is 0 Å². The van der Waals surface area contributed by atoms with Crippen LogP contribution in [0.1, 0.15) is 25.0 Å². The van der Waals surface area contributed by atoms with E-state index in [2.05, 4.69) is 25.5 Å². The van der Waals surface area contributed by atoms with Gasteiger partial charge in [0.2, 0.25) is 5.95 Å². The van der Waals surface area contributed by atoms with Crippen LogP contribution in [0.3, 0.4) is 0 Å². The van der Waals surface area contributed by atoms with E-state index in [1.54, 1.807) is 24.4 Å². The van der Waals surface area contributed by atoms with Crippen molar-refractivity contribution in [3.8, 4) is 0 Å². The summed E-state index contributed by atoms with van der Waals surface area (Å²) in [4.78, 5) is 22.9. The first kappa shape index (κ1) is 16.2. The average Bonchev–Trinajstić information content (AvgIpc) is 2.61. The first-order valence-corrected chi connectivity index (χ1v) is 8.08. The van der Waals surface area contributed by atoms with Crippen molar-refractivity contribution in [2.45, 2.75) is 25.8 Å². The van der Waals surface area contributed by atoms with Gasteiger partial charge in [0.25, 0.3) is 0 Å². The highest BCUT2D eigenvalue weighted by Gasteiger charge is 2.13. The molecule has 0 aliphatic carbocycles. The number of hydrogen-bond acceptors (Lipinski definition) is 4. The van der Waals surface area contributed by atoms with E-state index in [1.807, 2.05) is 0 Å². The number of aromatic nitrogens is 2. The van der Waals surface area contributed by atoms with Gasteiger partial charge in [-0.15, -0.1) is 0 Å². The number of anilines is 2. The predicted molar refractivity (Wildman–Crippen MR) is 90.4 cm³/mol. The molecule has 0 unspecified atom stereocenters. The van der Waals surface area contributed by atoms with Gasteiger partial charge in [-0.1, -0.05) is 6.07 Å². The second-order valence-electron chi connectivity index (χ2n) is 5.71. The average molecular weight is 329 g/mol. The molecular formula is C17H20FN5O. The molecule has 0 radical (unpaired) electrons. The maximum absolute atomic E-state index is 13.1. The van der Waals surface area contributed by atoms with Gasteiger partial charge in [0, 0.05) is 25.0 Å². The maximum atomic E-state index is 13.1. The number of benzene rings is 1. The molecule has 1 aliphatic heterocycles. The summed E-state index contributed by atoms with van der Waals surface area (Å²) in [6.45, 7) is 2.22. The Hall–Kier alpha value is -2.70. The van der Waals surface area contributed by atoms with E-state index < -0.39 is 11.8 Å². The third-order valence-electron chi connectivity index (χ3n) is 3.85. The largest absolute Gasteiger partial charge is 0.341 e. The Kier molecular flexibility index (Phi) is 5.20. The highest BCUT2D eigenvalue weighted by molar-refractivity contribution is 5.89. The molecule has 7 heteroatoms. The lowest BCUT2D eigenvalue weighted by atomic mass is 10.1. The molecular weight excluding hydrogens is 309 g/mol. The minimum atomic E-state index is -0.404. The molecule has 6 nitrogen and oxygen atoms in total. The molecule has 1 aliphatic rings. The lowest BCUT2D eigenvalue weighted by Gasteiger charge is -2.26. The number of urea groups is 1. The van der Waals surface area contributed by atoms with Gasteiger partial charge >= 0.3 is 6.03 Å². The van der Waals surface area contributed by atoms with Crippen LogP contribution in [0, 0.1) is 5.82 Å². The molecule has 1 aromatic heterocycles. The summed E-state index contributed by atoms with van der Waals surface area (Å²) in [7, 11) is 0. The molecule has 3 rings (SSSR count). The van der Waals surface area contributed by atoms with E-state index in [9.17, 15) is 9.18 Å². The van der Waals surface area contributed by atoms with Crippen molar-refractivity contribution in [1.29, 1.82) is 0 Å². The maximum Gasteiger partial charge on any atom is 0.319 e. The van der Waals surface area contributed by atoms with Crippen LogP contribution in [0.15, 0.2) is 36.5 Å². The van der Waals surface area contributed by atoms with Crippen molar-refractivity contribution >= 4 is 17.7 Å². The number of amides is 2. The summed E-state index contributed by atoms with van der Waals surface area (Å²) >= 11 is 0. The van der Waals surface area contributed by atoms with Crippen molar-refractivity contribution in [2.24, 2.45) is 0 Å². The van der Waals surface area contributed by atoms with Gasteiger partial charge in [-0.05, 0) is 43.5 Å². The van der Waals surface area contributed by atoms with E-state index >= 15 is 0 Å². The third-order valence-corrected chi connectivity index (χ3v) is 3.85. The molecule has 2 heterocycles. The Bertz CT molecular complexity index is 703. The molecule has 1 aromatic carbocycles. The number of carbonyl (C=O) groups excluding carboxylic acids is 1. The van der Waals surface area contributed by atoms with Crippen LogP contribution in [0.2, 0.25) is 0 Å². The standard InChI is InChI=1S/C17H20FN5O/c18-13-5-4-6-14(11-13)22-17(24)20-12-15-7-8-19-16(21-15)23-9-2-1-3-10-23/h4-8,11H,1-3,9-10,12H2,(H2,20,22,24). The summed E-state index contributed by atoms with van der Waals surface area (Å²) in [6.07, 6.45) is 5.26. The van der Waals surface area contributed by atoms with Gasteiger partial charge in [0.15, 0.2) is 0 Å². The van der Waals surface area contributed by atoms with Crippen LogP contribution in [-0.2, 0) is 6.54 Å². The zero-order valence-electron chi connectivity index (χ0n) is 13.3. The Morgan fingerprint density at radius 3 is 2.83 bits per heavy atom. The molecule has 1 saturated heterocycles. The highest BCUT2D eigenvalue weighted by atomic mass is 19.1. The van der Waals surface area contributed by atoms with Crippen molar-refractivity contribution in [2.75, 3.05) is 23.3 Å². The smallest absolute Gasteiger partial charge is 0.319 e. The van der Waals surface area contributed by atoms with Crippen LogP contribution in [0.5, 0.6) is 0 Å². The number of hydrogen-bond donors (Lipinski definition) is 2. The molecule has 24 heavy (non-hydrogen) atoms. The third kappa shape index (κ3) is 4.41. The molecule has 0 atom stereocenters. The Balaban J connectivity index is 1.55. The van der Waals surface area contributed by atoms with E-state index in [0.717, 1.165) is 31.6 Å².